The molecule has 0 aliphatic carbocycles. The van der Waals surface area contributed by atoms with E-state index in [4.69, 9.17) is 4.74 Å². The predicted octanol–water partition coefficient (Wildman–Crippen LogP) is 6.01. The number of benzene rings is 3. The summed E-state index contributed by atoms with van der Waals surface area (Å²) in [6.07, 6.45) is 0. The maximum absolute atomic E-state index is 13.8. The third kappa shape index (κ3) is 4.21. The highest BCUT2D eigenvalue weighted by Crippen LogP contribution is 2.38. The van der Waals surface area contributed by atoms with Crippen LogP contribution in [0, 0.1) is 13.8 Å². The van der Waals surface area contributed by atoms with Crippen molar-refractivity contribution in [3.8, 4) is 5.75 Å². The number of aryl methyl sites for hydroxylation is 2. The molecule has 34 heavy (non-hydrogen) atoms. The highest BCUT2D eigenvalue weighted by atomic mass is 16.5. The third-order valence-electron chi connectivity index (χ3n) is 6.08. The predicted molar refractivity (Wildman–Crippen MR) is 137 cm³/mol. The van der Waals surface area contributed by atoms with Crippen LogP contribution in [-0.2, 0) is 15.0 Å². The molecule has 1 aliphatic heterocycles. The van der Waals surface area contributed by atoms with Gasteiger partial charge in [0.05, 0.1) is 18.4 Å². The zero-order chi connectivity index (χ0) is 24.6. The number of amides is 2. The van der Waals surface area contributed by atoms with Gasteiger partial charge in [0.25, 0.3) is 11.8 Å². The monoisotopic (exact) mass is 454 g/mol. The zero-order valence-corrected chi connectivity index (χ0v) is 20.5. The number of nitrogens with one attached hydrogen (secondary N) is 1. The summed E-state index contributed by atoms with van der Waals surface area (Å²) in [6.45, 7) is 10.4. The first-order valence-electron chi connectivity index (χ1n) is 11.3. The van der Waals surface area contributed by atoms with Crippen LogP contribution in [0.15, 0.2) is 72.4 Å². The van der Waals surface area contributed by atoms with Crippen molar-refractivity contribution in [1.82, 2.24) is 0 Å². The SMILES string of the molecule is COc1ccccc1N1C(=O)C(Nc2ccc(C(C)(C)C)cc2)=C(c2ccc(C)cc2C)C1=O. The second-order valence-electron chi connectivity index (χ2n) is 9.64. The topological polar surface area (TPSA) is 58.6 Å². The maximum atomic E-state index is 13.8. The molecule has 0 fully saturated rings. The van der Waals surface area contributed by atoms with Crippen molar-refractivity contribution in [2.75, 3.05) is 17.3 Å². The molecule has 1 heterocycles. The number of hydrogen-bond donors (Lipinski definition) is 1. The van der Waals surface area contributed by atoms with E-state index in [0.29, 0.717) is 17.0 Å². The van der Waals surface area contributed by atoms with Gasteiger partial charge in [0.2, 0.25) is 0 Å². The minimum Gasteiger partial charge on any atom is -0.495 e. The quantitative estimate of drug-likeness (QED) is 0.480. The molecule has 0 saturated carbocycles. The number of rotatable bonds is 5. The first kappa shape index (κ1) is 23.3. The number of carbonyl (C=O) groups excluding carboxylic acids is 2. The first-order valence-corrected chi connectivity index (χ1v) is 11.3. The molecule has 3 aromatic carbocycles. The molecule has 1 aliphatic rings. The van der Waals surface area contributed by atoms with Crippen molar-refractivity contribution >= 4 is 28.8 Å². The van der Waals surface area contributed by atoms with E-state index in [0.717, 1.165) is 22.4 Å². The maximum Gasteiger partial charge on any atom is 0.282 e. The van der Waals surface area contributed by atoms with Crippen LogP contribution in [0.4, 0.5) is 11.4 Å². The Morgan fingerprint density at radius 1 is 0.853 bits per heavy atom. The minimum absolute atomic E-state index is 0.0156. The van der Waals surface area contributed by atoms with Crippen LogP contribution >= 0.6 is 0 Å². The summed E-state index contributed by atoms with van der Waals surface area (Å²) in [5.74, 6) is -0.334. The molecule has 0 aromatic heterocycles. The molecular weight excluding hydrogens is 424 g/mol. The standard InChI is InChI=1S/C29H30N2O3/c1-18-11-16-22(19(2)17-18)25-26(30-21-14-12-20(13-15-21)29(3,4)5)28(33)31(27(25)32)23-9-7-8-10-24(23)34-6/h7-17,30H,1-6H3. The van der Waals surface area contributed by atoms with Gasteiger partial charge in [-0.2, -0.15) is 0 Å². The number of anilines is 2. The zero-order valence-electron chi connectivity index (χ0n) is 20.5. The van der Waals surface area contributed by atoms with E-state index < -0.39 is 5.91 Å². The minimum atomic E-state index is -0.413. The lowest BCUT2D eigenvalue weighted by molar-refractivity contribution is -0.120. The summed E-state index contributed by atoms with van der Waals surface area (Å²) in [5, 5.41) is 3.25. The molecule has 2 amide bonds. The van der Waals surface area contributed by atoms with Gasteiger partial charge in [0, 0.05) is 5.69 Å². The Balaban J connectivity index is 1.83. The van der Waals surface area contributed by atoms with Crippen LogP contribution in [-0.4, -0.2) is 18.9 Å². The number of imide groups is 1. The largest absolute Gasteiger partial charge is 0.495 e. The van der Waals surface area contributed by atoms with Crippen LogP contribution < -0.4 is 15.0 Å². The van der Waals surface area contributed by atoms with Crippen LogP contribution in [0.2, 0.25) is 0 Å². The fourth-order valence-electron chi connectivity index (χ4n) is 4.22. The molecular formula is C29H30N2O3. The van der Waals surface area contributed by atoms with Gasteiger partial charge < -0.3 is 10.1 Å². The number of nitrogens with zero attached hydrogens (tertiary/aromatic N) is 1. The fraction of sp³-hybridized carbons (Fsp3) is 0.241. The van der Waals surface area contributed by atoms with Crippen molar-refractivity contribution in [2.24, 2.45) is 0 Å². The van der Waals surface area contributed by atoms with Crippen LogP contribution in [0.3, 0.4) is 0 Å². The van der Waals surface area contributed by atoms with Gasteiger partial charge in [-0.25, -0.2) is 4.90 Å². The molecule has 0 atom stereocenters. The Hall–Kier alpha value is -3.86. The highest BCUT2D eigenvalue weighted by Gasteiger charge is 2.41. The fourth-order valence-corrected chi connectivity index (χ4v) is 4.22. The molecule has 3 aromatic rings. The van der Waals surface area contributed by atoms with E-state index in [-0.39, 0.29) is 17.0 Å². The molecule has 4 rings (SSSR count). The summed E-state index contributed by atoms with van der Waals surface area (Å²) in [6, 6.07) is 20.9. The van der Waals surface area contributed by atoms with Crippen LogP contribution in [0.1, 0.15) is 43.0 Å². The lowest BCUT2D eigenvalue weighted by Crippen LogP contribution is -2.32. The van der Waals surface area contributed by atoms with Crippen LogP contribution in [0.25, 0.3) is 5.57 Å². The summed E-state index contributed by atoms with van der Waals surface area (Å²) in [7, 11) is 1.53. The van der Waals surface area contributed by atoms with E-state index in [1.165, 1.54) is 17.6 Å². The molecule has 174 valence electrons. The average molecular weight is 455 g/mol. The first-order chi connectivity index (χ1) is 16.1. The molecule has 5 nitrogen and oxygen atoms in total. The summed E-state index contributed by atoms with van der Waals surface area (Å²) < 4.78 is 5.45. The van der Waals surface area contributed by atoms with Gasteiger partial charge >= 0.3 is 0 Å². The van der Waals surface area contributed by atoms with Crippen molar-refractivity contribution in [3.63, 3.8) is 0 Å². The van der Waals surface area contributed by atoms with E-state index in [1.807, 2.05) is 62.4 Å². The molecule has 0 unspecified atom stereocenters. The summed E-state index contributed by atoms with van der Waals surface area (Å²) in [5.41, 5.74) is 5.73. The molecule has 0 spiro atoms. The Bertz CT molecular complexity index is 1300. The van der Waals surface area contributed by atoms with Gasteiger partial charge in [-0.1, -0.05) is 68.8 Å². The highest BCUT2D eigenvalue weighted by molar-refractivity contribution is 6.46. The normalized spacial score (nSPS) is 14.1. The second-order valence-corrected chi connectivity index (χ2v) is 9.64. The van der Waals surface area contributed by atoms with E-state index in [1.54, 1.807) is 18.2 Å². The Labute approximate surface area is 201 Å². The second kappa shape index (κ2) is 8.82. The van der Waals surface area contributed by atoms with E-state index in [9.17, 15) is 9.59 Å². The lowest BCUT2D eigenvalue weighted by Gasteiger charge is -2.20. The van der Waals surface area contributed by atoms with Crippen LogP contribution in [0.5, 0.6) is 5.75 Å². The van der Waals surface area contributed by atoms with Gasteiger partial charge in [0.1, 0.15) is 11.4 Å². The van der Waals surface area contributed by atoms with Crippen molar-refractivity contribution in [1.29, 1.82) is 0 Å². The Morgan fingerprint density at radius 2 is 1.53 bits per heavy atom. The van der Waals surface area contributed by atoms with Gasteiger partial charge in [-0.15, -0.1) is 0 Å². The van der Waals surface area contributed by atoms with Gasteiger partial charge in [0.15, 0.2) is 0 Å². The number of hydrogen-bond acceptors (Lipinski definition) is 4. The van der Waals surface area contributed by atoms with Crippen molar-refractivity contribution in [3.05, 3.63) is 94.7 Å². The number of para-hydroxylation sites is 2. The summed E-state index contributed by atoms with van der Waals surface area (Å²) >= 11 is 0. The van der Waals surface area contributed by atoms with E-state index >= 15 is 0 Å². The van der Waals surface area contributed by atoms with Gasteiger partial charge in [-0.3, -0.25) is 9.59 Å². The Kier molecular flexibility index (Phi) is 6.05. The number of carbonyl (C=O) groups is 2. The molecule has 0 bridgehead atoms. The third-order valence-corrected chi connectivity index (χ3v) is 6.08. The Morgan fingerprint density at radius 3 is 2.15 bits per heavy atom. The van der Waals surface area contributed by atoms with E-state index in [2.05, 4.69) is 26.1 Å². The van der Waals surface area contributed by atoms with Gasteiger partial charge in [-0.05, 0) is 60.2 Å². The van der Waals surface area contributed by atoms with Crippen molar-refractivity contribution < 1.29 is 14.3 Å². The molecule has 5 heteroatoms. The molecule has 0 radical (unpaired) electrons. The molecule has 1 N–H and O–H groups in total. The average Bonchev–Trinajstić information content (AvgIpc) is 3.03. The summed E-state index contributed by atoms with van der Waals surface area (Å²) in [4.78, 5) is 28.7. The van der Waals surface area contributed by atoms with Crippen molar-refractivity contribution in [2.45, 2.75) is 40.0 Å². The lowest BCUT2D eigenvalue weighted by atomic mass is 9.87. The number of ether oxygens (including phenoxy) is 1. The smallest absolute Gasteiger partial charge is 0.282 e. The molecule has 0 saturated heterocycles. The number of methoxy groups -OCH3 is 1.